The molecule has 0 bridgehead atoms. The van der Waals surface area contributed by atoms with Gasteiger partial charge in [0.1, 0.15) is 18.0 Å². The molecule has 1 atom stereocenters. The van der Waals surface area contributed by atoms with Crippen molar-refractivity contribution in [1.82, 2.24) is 4.98 Å². The topological polar surface area (TPSA) is 80.8 Å². The smallest absolute Gasteiger partial charge is 0.480 e. The van der Waals surface area contributed by atoms with Crippen molar-refractivity contribution in [2.45, 2.75) is 25.8 Å². The number of carbonyl (C=O) groups excluding carboxylic acids is 2. The largest absolute Gasteiger partial charge is 0.573 e. The first-order chi connectivity index (χ1) is 13.3. The molecular weight excluding hydrogens is 379 g/mol. The van der Waals surface area contributed by atoms with E-state index in [0.29, 0.717) is 5.69 Å². The number of fused-ring (bicyclic) bond motifs is 1. The van der Waals surface area contributed by atoms with E-state index in [4.69, 9.17) is 4.74 Å². The van der Waals surface area contributed by atoms with Crippen molar-refractivity contribution in [3.8, 4) is 11.5 Å². The van der Waals surface area contributed by atoms with Gasteiger partial charge in [-0.15, -0.1) is 13.2 Å². The van der Waals surface area contributed by atoms with Crippen molar-refractivity contribution in [3.05, 3.63) is 42.6 Å². The Hall–Kier alpha value is -3.30. The fraction of sp³-hybridized carbons (Fsp3) is 0.278. The highest BCUT2D eigenvalue weighted by atomic mass is 19.4. The standard InChI is InChI=1S/C18H16F3N3O4/c1-2-14(27-11-5-3-6-12(9-11)28-18(19,20)21)17(26)24-10-15(25)23-13-7-4-8-22-16(13)24/h3-9,14H,2,10H2,1H3,(H,23,25). The van der Waals surface area contributed by atoms with E-state index in [1.165, 1.54) is 23.2 Å². The number of aromatic nitrogens is 1. The van der Waals surface area contributed by atoms with Crippen LogP contribution in [0.4, 0.5) is 24.7 Å². The zero-order valence-corrected chi connectivity index (χ0v) is 14.7. The molecule has 10 heteroatoms. The van der Waals surface area contributed by atoms with Crippen LogP contribution in [0.25, 0.3) is 0 Å². The first-order valence-electron chi connectivity index (χ1n) is 8.35. The molecule has 0 fully saturated rings. The average molecular weight is 395 g/mol. The molecule has 1 N–H and O–H groups in total. The lowest BCUT2D eigenvalue weighted by molar-refractivity contribution is -0.274. The van der Waals surface area contributed by atoms with E-state index in [0.717, 1.165) is 12.1 Å². The van der Waals surface area contributed by atoms with Gasteiger partial charge in [-0.25, -0.2) is 4.98 Å². The Labute approximate surface area is 158 Å². The summed E-state index contributed by atoms with van der Waals surface area (Å²) in [6.45, 7) is 1.45. The van der Waals surface area contributed by atoms with Crippen molar-refractivity contribution in [1.29, 1.82) is 0 Å². The van der Waals surface area contributed by atoms with Crippen LogP contribution in [0.15, 0.2) is 42.6 Å². The third-order valence-electron chi connectivity index (χ3n) is 3.85. The Bertz CT molecular complexity index is 888. The van der Waals surface area contributed by atoms with Crippen LogP contribution in [0.1, 0.15) is 13.3 Å². The molecule has 3 rings (SSSR count). The number of amides is 2. The van der Waals surface area contributed by atoms with Crippen molar-refractivity contribution in [2.75, 3.05) is 16.8 Å². The van der Waals surface area contributed by atoms with E-state index in [2.05, 4.69) is 15.0 Å². The third-order valence-corrected chi connectivity index (χ3v) is 3.85. The van der Waals surface area contributed by atoms with Gasteiger partial charge in [0.25, 0.3) is 5.91 Å². The summed E-state index contributed by atoms with van der Waals surface area (Å²) in [6, 6.07) is 8.12. The van der Waals surface area contributed by atoms with Crippen LogP contribution in [0.3, 0.4) is 0 Å². The van der Waals surface area contributed by atoms with E-state index in [1.807, 2.05) is 0 Å². The van der Waals surface area contributed by atoms with Crippen LogP contribution in [-0.4, -0.2) is 35.8 Å². The van der Waals surface area contributed by atoms with E-state index >= 15 is 0 Å². The minimum Gasteiger partial charge on any atom is -0.480 e. The molecule has 1 aromatic heterocycles. The number of hydrogen-bond acceptors (Lipinski definition) is 5. The normalized spacial score (nSPS) is 14.7. The lowest BCUT2D eigenvalue weighted by atomic mass is 10.2. The Morgan fingerprint density at radius 3 is 2.75 bits per heavy atom. The van der Waals surface area contributed by atoms with Crippen LogP contribution in [0.5, 0.6) is 11.5 Å². The molecule has 2 heterocycles. The summed E-state index contributed by atoms with van der Waals surface area (Å²) >= 11 is 0. The first-order valence-corrected chi connectivity index (χ1v) is 8.35. The number of benzene rings is 1. The zero-order valence-electron chi connectivity index (χ0n) is 14.7. The van der Waals surface area contributed by atoms with E-state index in [1.54, 1.807) is 19.1 Å². The van der Waals surface area contributed by atoms with Gasteiger partial charge in [0, 0.05) is 12.3 Å². The molecule has 1 aliphatic heterocycles. The molecular formula is C18H16F3N3O4. The molecule has 2 aromatic rings. The maximum Gasteiger partial charge on any atom is 0.573 e. The predicted octanol–water partition coefficient (Wildman–Crippen LogP) is 3.12. The van der Waals surface area contributed by atoms with Gasteiger partial charge in [0.2, 0.25) is 5.91 Å². The molecule has 0 saturated carbocycles. The van der Waals surface area contributed by atoms with Crippen LogP contribution in [-0.2, 0) is 9.59 Å². The van der Waals surface area contributed by atoms with Crippen LogP contribution in [0.2, 0.25) is 0 Å². The quantitative estimate of drug-likeness (QED) is 0.842. The van der Waals surface area contributed by atoms with Gasteiger partial charge < -0.3 is 14.8 Å². The van der Waals surface area contributed by atoms with E-state index in [9.17, 15) is 22.8 Å². The molecule has 0 radical (unpaired) electrons. The summed E-state index contributed by atoms with van der Waals surface area (Å²) in [5.74, 6) is -1.06. The Kier molecular flexibility index (Phi) is 5.39. The van der Waals surface area contributed by atoms with Crippen molar-refractivity contribution < 1.29 is 32.2 Å². The lowest BCUT2D eigenvalue weighted by Gasteiger charge is -2.30. The molecule has 1 aliphatic rings. The molecule has 148 valence electrons. The Balaban J connectivity index is 1.80. The Morgan fingerprint density at radius 1 is 1.29 bits per heavy atom. The monoisotopic (exact) mass is 395 g/mol. The minimum absolute atomic E-state index is 0.0321. The van der Waals surface area contributed by atoms with Gasteiger partial charge in [-0.3, -0.25) is 14.5 Å². The summed E-state index contributed by atoms with van der Waals surface area (Å²) < 4.78 is 46.6. The fourth-order valence-electron chi connectivity index (χ4n) is 2.69. The first kappa shape index (κ1) is 19.5. The van der Waals surface area contributed by atoms with Gasteiger partial charge in [0.05, 0.1) is 5.69 Å². The summed E-state index contributed by atoms with van der Waals surface area (Å²) in [4.78, 5) is 30.1. The second-order valence-electron chi connectivity index (χ2n) is 5.88. The molecule has 28 heavy (non-hydrogen) atoms. The number of nitrogens with zero attached hydrogens (tertiary/aromatic N) is 2. The summed E-state index contributed by atoms with van der Waals surface area (Å²) in [7, 11) is 0. The second kappa shape index (κ2) is 7.75. The fourth-order valence-corrected chi connectivity index (χ4v) is 2.69. The van der Waals surface area contributed by atoms with Crippen molar-refractivity contribution in [3.63, 3.8) is 0 Å². The number of halogens is 3. The summed E-state index contributed by atoms with van der Waals surface area (Å²) in [6.07, 6.45) is -4.16. The van der Waals surface area contributed by atoms with Crippen LogP contribution >= 0.6 is 0 Å². The number of pyridine rings is 1. The molecule has 0 saturated heterocycles. The van der Waals surface area contributed by atoms with Gasteiger partial charge in [0.15, 0.2) is 11.9 Å². The average Bonchev–Trinajstić information content (AvgIpc) is 2.63. The molecule has 0 aliphatic carbocycles. The highest BCUT2D eigenvalue weighted by molar-refractivity contribution is 6.10. The predicted molar refractivity (Wildman–Crippen MR) is 93.1 cm³/mol. The van der Waals surface area contributed by atoms with Crippen LogP contribution in [0, 0.1) is 0 Å². The SMILES string of the molecule is CCC(Oc1cccc(OC(F)(F)F)c1)C(=O)N1CC(=O)Nc2cccnc21. The van der Waals surface area contributed by atoms with E-state index in [-0.39, 0.29) is 30.4 Å². The lowest BCUT2D eigenvalue weighted by Crippen LogP contribution is -2.48. The number of alkyl halides is 3. The van der Waals surface area contributed by atoms with Crippen molar-refractivity contribution in [2.24, 2.45) is 0 Å². The number of nitrogens with one attached hydrogen (secondary N) is 1. The van der Waals surface area contributed by atoms with Gasteiger partial charge in [-0.2, -0.15) is 0 Å². The number of ether oxygens (including phenoxy) is 2. The van der Waals surface area contributed by atoms with Crippen molar-refractivity contribution >= 4 is 23.3 Å². The minimum atomic E-state index is -4.84. The molecule has 0 spiro atoms. The number of hydrogen-bond donors (Lipinski definition) is 1. The maximum absolute atomic E-state index is 12.9. The maximum atomic E-state index is 12.9. The molecule has 7 nitrogen and oxygen atoms in total. The van der Waals surface area contributed by atoms with Gasteiger partial charge in [-0.1, -0.05) is 13.0 Å². The number of carbonyl (C=O) groups is 2. The van der Waals surface area contributed by atoms with Crippen LogP contribution < -0.4 is 19.7 Å². The second-order valence-corrected chi connectivity index (χ2v) is 5.88. The highest BCUT2D eigenvalue weighted by Gasteiger charge is 2.34. The van der Waals surface area contributed by atoms with Gasteiger partial charge in [-0.05, 0) is 30.7 Å². The summed E-state index contributed by atoms with van der Waals surface area (Å²) in [5, 5.41) is 2.62. The molecule has 1 unspecified atom stereocenters. The van der Waals surface area contributed by atoms with E-state index < -0.39 is 24.1 Å². The highest BCUT2D eigenvalue weighted by Crippen LogP contribution is 2.29. The molecule has 1 aromatic carbocycles. The molecule has 2 amide bonds. The number of rotatable bonds is 5. The van der Waals surface area contributed by atoms with Gasteiger partial charge >= 0.3 is 6.36 Å². The third kappa shape index (κ3) is 4.51. The Morgan fingerprint density at radius 2 is 2.04 bits per heavy atom. The summed E-state index contributed by atoms with van der Waals surface area (Å²) in [5.41, 5.74) is 0.391. The zero-order chi connectivity index (χ0) is 20.3. The number of anilines is 2.